The summed E-state index contributed by atoms with van der Waals surface area (Å²) in [4.78, 5) is 2.24. The van der Waals surface area contributed by atoms with E-state index in [0.717, 1.165) is 44.0 Å². The van der Waals surface area contributed by atoms with E-state index in [9.17, 15) is 5.11 Å². The summed E-state index contributed by atoms with van der Waals surface area (Å²) < 4.78 is 5.41. The Labute approximate surface area is 101 Å². The van der Waals surface area contributed by atoms with E-state index in [1.165, 1.54) is 0 Å². The van der Waals surface area contributed by atoms with E-state index < -0.39 is 0 Å². The van der Waals surface area contributed by atoms with Crippen LogP contribution in [0.1, 0.15) is 12.0 Å². The normalized spacial score (nSPS) is 17.2. The molecule has 0 unspecified atom stereocenters. The highest BCUT2D eigenvalue weighted by atomic mass is 35.5. The lowest BCUT2D eigenvalue weighted by atomic mass is 10.1. The van der Waals surface area contributed by atoms with Gasteiger partial charge in [-0.05, 0) is 24.6 Å². The van der Waals surface area contributed by atoms with E-state index in [1.54, 1.807) is 0 Å². The predicted octanol–water partition coefficient (Wildman–Crippen LogP) is 2.06. The third kappa shape index (κ3) is 2.67. The molecule has 1 N–H and O–H groups in total. The molecular weight excluding hydrogens is 226 g/mol. The van der Waals surface area contributed by atoms with Crippen LogP contribution in [0.25, 0.3) is 0 Å². The van der Waals surface area contributed by atoms with Crippen molar-refractivity contribution < 1.29 is 9.84 Å². The Balaban J connectivity index is 2.23. The van der Waals surface area contributed by atoms with Gasteiger partial charge >= 0.3 is 0 Å². The third-order valence-electron chi connectivity index (χ3n) is 2.77. The molecule has 1 aliphatic heterocycles. The van der Waals surface area contributed by atoms with Gasteiger partial charge in [0.15, 0.2) is 0 Å². The first-order valence-electron chi connectivity index (χ1n) is 5.53. The van der Waals surface area contributed by atoms with Gasteiger partial charge in [0.05, 0.1) is 13.2 Å². The van der Waals surface area contributed by atoms with E-state index in [0.29, 0.717) is 5.02 Å². The average molecular weight is 242 g/mol. The number of anilines is 1. The third-order valence-corrected chi connectivity index (χ3v) is 3.01. The monoisotopic (exact) mass is 241 g/mol. The second-order valence-electron chi connectivity index (χ2n) is 3.88. The van der Waals surface area contributed by atoms with E-state index >= 15 is 0 Å². The standard InChI is InChI=1S/C12H16ClNO2/c13-11-2-3-12(10(8-11)9-15)14-4-1-6-16-7-5-14/h2-3,8,15H,1,4-7,9H2. The number of halogens is 1. The molecule has 0 saturated carbocycles. The van der Waals surface area contributed by atoms with Gasteiger partial charge in [0, 0.05) is 36.0 Å². The van der Waals surface area contributed by atoms with Crippen LogP contribution in [0.15, 0.2) is 18.2 Å². The lowest BCUT2D eigenvalue weighted by Crippen LogP contribution is -2.26. The quantitative estimate of drug-likeness (QED) is 0.861. The second kappa shape index (κ2) is 5.53. The van der Waals surface area contributed by atoms with Gasteiger partial charge in [-0.15, -0.1) is 0 Å². The molecule has 16 heavy (non-hydrogen) atoms. The highest BCUT2D eigenvalue weighted by Gasteiger charge is 2.13. The fourth-order valence-electron chi connectivity index (χ4n) is 1.98. The van der Waals surface area contributed by atoms with Crippen molar-refractivity contribution in [3.05, 3.63) is 28.8 Å². The van der Waals surface area contributed by atoms with E-state index in [4.69, 9.17) is 16.3 Å². The first-order valence-corrected chi connectivity index (χ1v) is 5.91. The maximum Gasteiger partial charge on any atom is 0.0702 e. The Kier molecular flexibility index (Phi) is 4.04. The molecule has 0 atom stereocenters. The summed E-state index contributed by atoms with van der Waals surface area (Å²) in [6.45, 7) is 3.42. The van der Waals surface area contributed by atoms with Gasteiger partial charge in [-0.3, -0.25) is 0 Å². The summed E-state index contributed by atoms with van der Waals surface area (Å²) in [5, 5.41) is 9.99. The van der Waals surface area contributed by atoms with Crippen LogP contribution < -0.4 is 4.90 Å². The number of ether oxygens (including phenoxy) is 1. The van der Waals surface area contributed by atoms with Crippen LogP contribution in [0.3, 0.4) is 0 Å². The molecule has 1 saturated heterocycles. The maximum atomic E-state index is 9.33. The van der Waals surface area contributed by atoms with Crippen molar-refractivity contribution in [3.8, 4) is 0 Å². The summed E-state index contributed by atoms with van der Waals surface area (Å²) in [6.07, 6.45) is 1.02. The number of aliphatic hydroxyl groups excluding tert-OH is 1. The molecule has 1 heterocycles. The number of hydrogen-bond acceptors (Lipinski definition) is 3. The van der Waals surface area contributed by atoms with Crippen molar-refractivity contribution in [1.29, 1.82) is 0 Å². The van der Waals surface area contributed by atoms with Gasteiger partial charge < -0.3 is 14.7 Å². The van der Waals surface area contributed by atoms with E-state index in [1.807, 2.05) is 18.2 Å². The summed E-state index contributed by atoms with van der Waals surface area (Å²) in [5.41, 5.74) is 1.95. The summed E-state index contributed by atoms with van der Waals surface area (Å²) >= 11 is 5.91. The molecule has 0 aliphatic carbocycles. The van der Waals surface area contributed by atoms with Gasteiger partial charge in [0.2, 0.25) is 0 Å². The average Bonchev–Trinajstić information content (AvgIpc) is 2.57. The molecule has 0 bridgehead atoms. The predicted molar refractivity (Wildman–Crippen MR) is 65.0 cm³/mol. The second-order valence-corrected chi connectivity index (χ2v) is 4.32. The first kappa shape index (κ1) is 11.7. The smallest absolute Gasteiger partial charge is 0.0702 e. The number of aliphatic hydroxyl groups is 1. The fraction of sp³-hybridized carbons (Fsp3) is 0.500. The molecule has 88 valence electrons. The number of nitrogens with zero attached hydrogens (tertiary/aromatic N) is 1. The van der Waals surface area contributed by atoms with Crippen molar-refractivity contribution in [1.82, 2.24) is 0 Å². The van der Waals surface area contributed by atoms with Crippen molar-refractivity contribution >= 4 is 17.3 Å². The minimum Gasteiger partial charge on any atom is -0.392 e. The number of hydrogen-bond donors (Lipinski definition) is 1. The van der Waals surface area contributed by atoms with Crippen molar-refractivity contribution in [2.24, 2.45) is 0 Å². The number of rotatable bonds is 2. The number of benzene rings is 1. The van der Waals surface area contributed by atoms with Gasteiger partial charge in [-0.25, -0.2) is 0 Å². The van der Waals surface area contributed by atoms with Crippen molar-refractivity contribution in [3.63, 3.8) is 0 Å². The van der Waals surface area contributed by atoms with Crippen molar-refractivity contribution in [2.75, 3.05) is 31.2 Å². The molecule has 0 radical (unpaired) electrons. The molecule has 1 fully saturated rings. The zero-order valence-electron chi connectivity index (χ0n) is 9.16. The lowest BCUT2D eigenvalue weighted by molar-refractivity contribution is 0.152. The zero-order valence-corrected chi connectivity index (χ0v) is 9.91. The SMILES string of the molecule is OCc1cc(Cl)ccc1N1CCCOCC1. The van der Waals surface area contributed by atoms with E-state index in [-0.39, 0.29) is 6.61 Å². The molecule has 1 aromatic carbocycles. The molecule has 4 heteroatoms. The van der Waals surface area contributed by atoms with Crippen LogP contribution in [0.2, 0.25) is 5.02 Å². The molecule has 0 aromatic heterocycles. The molecule has 1 aromatic rings. The molecule has 1 aliphatic rings. The minimum absolute atomic E-state index is 0.0211. The minimum atomic E-state index is 0.0211. The van der Waals surface area contributed by atoms with Crippen molar-refractivity contribution in [2.45, 2.75) is 13.0 Å². The Morgan fingerprint density at radius 3 is 3.00 bits per heavy atom. The van der Waals surface area contributed by atoms with Crippen LogP contribution in [-0.2, 0) is 11.3 Å². The lowest BCUT2D eigenvalue weighted by Gasteiger charge is -2.24. The molecule has 3 nitrogen and oxygen atoms in total. The zero-order chi connectivity index (χ0) is 11.4. The van der Waals surface area contributed by atoms with E-state index in [2.05, 4.69) is 4.90 Å². The fourth-order valence-corrected chi connectivity index (χ4v) is 2.17. The summed E-state index contributed by atoms with van der Waals surface area (Å²) in [7, 11) is 0. The van der Waals surface area contributed by atoms with Gasteiger partial charge in [0.25, 0.3) is 0 Å². The van der Waals surface area contributed by atoms with Crippen LogP contribution in [-0.4, -0.2) is 31.4 Å². The Morgan fingerprint density at radius 1 is 1.31 bits per heavy atom. The largest absolute Gasteiger partial charge is 0.392 e. The topological polar surface area (TPSA) is 32.7 Å². The highest BCUT2D eigenvalue weighted by Crippen LogP contribution is 2.25. The Hall–Kier alpha value is -0.770. The molecular formula is C12H16ClNO2. The van der Waals surface area contributed by atoms with Crippen LogP contribution >= 0.6 is 11.6 Å². The van der Waals surface area contributed by atoms with Gasteiger partial charge in [-0.1, -0.05) is 11.6 Å². The van der Waals surface area contributed by atoms with Crippen LogP contribution in [0.5, 0.6) is 0 Å². The van der Waals surface area contributed by atoms with Crippen LogP contribution in [0.4, 0.5) is 5.69 Å². The Morgan fingerprint density at radius 2 is 2.19 bits per heavy atom. The molecule has 2 rings (SSSR count). The first-order chi connectivity index (χ1) is 7.81. The van der Waals surface area contributed by atoms with Gasteiger partial charge in [-0.2, -0.15) is 0 Å². The summed E-state index contributed by atoms with van der Waals surface area (Å²) in [6, 6.07) is 5.66. The Bertz CT molecular complexity index is 349. The highest BCUT2D eigenvalue weighted by molar-refractivity contribution is 6.30. The molecule has 0 amide bonds. The molecule has 0 spiro atoms. The maximum absolute atomic E-state index is 9.33. The summed E-state index contributed by atoms with van der Waals surface area (Å²) in [5.74, 6) is 0. The van der Waals surface area contributed by atoms with Gasteiger partial charge in [0.1, 0.15) is 0 Å². The van der Waals surface area contributed by atoms with Crippen LogP contribution in [0, 0.1) is 0 Å².